The lowest BCUT2D eigenvalue weighted by atomic mass is 9.93. The SMILES string of the molecule is CN1CCC(N2CCC[C@@H](C(N)=O)C2)CC1. The van der Waals surface area contributed by atoms with Crippen LogP contribution in [-0.4, -0.2) is 55.0 Å². The number of piperidine rings is 2. The van der Waals surface area contributed by atoms with Gasteiger partial charge >= 0.3 is 0 Å². The van der Waals surface area contributed by atoms with E-state index in [2.05, 4.69) is 16.8 Å². The first-order valence-corrected chi connectivity index (χ1v) is 6.38. The van der Waals surface area contributed by atoms with E-state index in [4.69, 9.17) is 5.73 Å². The molecule has 0 radical (unpaired) electrons. The standard InChI is InChI=1S/C12H23N3O/c1-14-7-4-11(5-8-14)15-6-2-3-10(9-15)12(13)16/h10-11H,2-9H2,1H3,(H2,13,16)/t10-/m1/s1. The van der Waals surface area contributed by atoms with Crippen LogP contribution in [0.15, 0.2) is 0 Å². The van der Waals surface area contributed by atoms with Crippen molar-refractivity contribution in [3.05, 3.63) is 0 Å². The molecular weight excluding hydrogens is 202 g/mol. The second kappa shape index (κ2) is 5.15. The molecule has 16 heavy (non-hydrogen) atoms. The molecule has 2 aliphatic rings. The van der Waals surface area contributed by atoms with Crippen LogP contribution < -0.4 is 5.73 Å². The summed E-state index contributed by atoms with van der Waals surface area (Å²) in [4.78, 5) is 16.1. The van der Waals surface area contributed by atoms with Gasteiger partial charge in [-0.05, 0) is 52.4 Å². The molecular formula is C12H23N3O. The number of nitrogens with zero attached hydrogens (tertiary/aromatic N) is 2. The highest BCUT2D eigenvalue weighted by Gasteiger charge is 2.29. The van der Waals surface area contributed by atoms with E-state index in [1.165, 1.54) is 25.9 Å². The van der Waals surface area contributed by atoms with Gasteiger partial charge in [-0.3, -0.25) is 9.69 Å². The van der Waals surface area contributed by atoms with Crippen molar-refractivity contribution in [3.63, 3.8) is 0 Å². The summed E-state index contributed by atoms with van der Waals surface area (Å²) in [6, 6.07) is 0.679. The van der Waals surface area contributed by atoms with Gasteiger partial charge in [0.05, 0.1) is 5.92 Å². The van der Waals surface area contributed by atoms with Crippen LogP contribution in [0.4, 0.5) is 0 Å². The number of amides is 1. The maximum atomic E-state index is 11.2. The molecule has 0 aliphatic carbocycles. The summed E-state index contributed by atoms with van der Waals surface area (Å²) >= 11 is 0. The van der Waals surface area contributed by atoms with Crippen molar-refractivity contribution in [3.8, 4) is 0 Å². The van der Waals surface area contributed by atoms with Crippen molar-refractivity contribution >= 4 is 5.91 Å². The van der Waals surface area contributed by atoms with Gasteiger partial charge in [0.1, 0.15) is 0 Å². The van der Waals surface area contributed by atoms with Gasteiger partial charge in [0, 0.05) is 12.6 Å². The zero-order chi connectivity index (χ0) is 11.5. The molecule has 2 saturated heterocycles. The van der Waals surface area contributed by atoms with Gasteiger partial charge in [-0.2, -0.15) is 0 Å². The average Bonchev–Trinajstić information content (AvgIpc) is 2.30. The molecule has 1 atom stereocenters. The number of hydrogen-bond acceptors (Lipinski definition) is 3. The number of rotatable bonds is 2. The Morgan fingerprint density at radius 3 is 2.50 bits per heavy atom. The molecule has 92 valence electrons. The van der Waals surface area contributed by atoms with Gasteiger partial charge in [-0.25, -0.2) is 0 Å². The van der Waals surface area contributed by atoms with E-state index in [0.29, 0.717) is 6.04 Å². The first-order valence-electron chi connectivity index (χ1n) is 6.38. The maximum Gasteiger partial charge on any atom is 0.221 e. The average molecular weight is 225 g/mol. The number of carbonyl (C=O) groups excluding carboxylic acids is 1. The fourth-order valence-corrected chi connectivity index (χ4v) is 2.93. The van der Waals surface area contributed by atoms with Crippen LogP contribution in [0.25, 0.3) is 0 Å². The molecule has 2 N–H and O–H groups in total. The van der Waals surface area contributed by atoms with Gasteiger partial charge in [-0.1, -0.05) is 0 Å². The Morgan fingerprint density at radius 1 is 1.19 bits per heavy atom. The molecule has 0 bridgehead atoms. The minimum Gasteiger partial charge on any atom is -0.369 e. The summed E-state index contributed by atoms with van der Waals surface area (Å²) < 4.78 is 0. The minimum atomic E-state index is -0.113. The Balaban J connectivity index is 1.87. The molecule has 0 aromatic carbocycles. The van der Waals surface area contributed by atoms with Crippen molar-refractivity contribution in [1.29, 1.82) is 0 Å². The number of hydrogen-bond donors (Lipinski definition) is 1. The highest BCUT2D eigenvalue weighted by molar-refractivity contribution is 5.76. The van der Waals surface area contributed by atoms with E-state index >= 15 is 0 Å². The third kappa shape index (κ3) is 2.74. The largest absolute Gasteiger partial charge is 0.369 e. The molecule has 4 heteroatoms. The lowest BCUT2D eigenvalue weighted by Gasteiger charge is -2.41. The van der Waals surface area contributed by atoms with E-state index in [9.17, 15) is 4.79 Å². The van der Waals surface area contributed by atoms with Gasteiger partial charge in [0.2, 0.25) is 5.91 Å². The van der Waals surface area contributed by atoms with Crippen LogP contribution in [0.3, 0.4) is 0 Å². The van der Waals surface area contributed by atoms with Crippen molar-refractivity contribution in [2.24, 2.45) is 11.7 Å². The molecule has 4 nitrogen and oxygen atoms in total. The highest BCUT2D eigenvalue weighted by Crippen LogP contribution is 2.23. The summed E-state index contributed by atoms with van der Waals surface area (Å²) in [7, 11) is 2.18. The van der Waals surface area contributed by atoms with Crippen molar-refractivity contribution in [2.75, 3.05) is 33.2 Å². The third-order valence-electron chi connectivity index (χ3n) is 4.06. The first kappa shape index (κ1) is 11.9. The van der Waals surface area contributed by atoms with Crippen LogP contribution in [0.1, 0.15) is 25.7 Å². The van der Waals surface area contributed by atoms with Crippen molar-refractivity contribution in [2.45, 2.75) is 31.7 Å². The fourth-order valence-electron chi connectivity index (χ4n) is 2.93. The number of carbonyl (C=O) groups is 1. The van der Waals surface area contributed by atoms with Gasteiger partial charge < -0.3 is 10.6 Å². The van der Waals surface area contributed by atoms with Crippen LogP contribution in [0.2, 0.25) is 0 Å². The van der Waals surface area contributed by atoms with E-state index in [1.807, 2.05) is 0 Å². The molecule has 0 aromatic heterocycles. The lowest BCUT2D eigenvalue weighted by Crippen LogP contribution is -2.49. The van der Waals surface area contributed by atoms with Gasteiger partial charge in [0.15, 0.2) is 0 Å². The predicted molar refractivity (Wildman–Crippen MR) is 64.0 cm³/mol. The molecule has 2 aliphatic heterocycles. The highest BCUT2D eigenvalue weighted by atomic mass is 16.1. The van der Waals surface area contributed by atoms with Crippen LogP contribution in [-0.2, 0) is 4.79 Å². The Hall–Kier alpha value is -0.610. The summed E-state index contributed by atoms with van der Waals surface area (Å²) in [6.45, 7) is 4.41. The Morgan fingerprint density at radius 2 is 1.88 bits per heavy atom. The Labute approximate surface area is 97.8 Å². The smallest absolute Gasteiger partial charge is 0.221 e. The second-order valence-corrected chi connectivity index (χ2v) is 5.27. The van der Waals surface area contributed by atoms with Crippen molar-refractivity contribution < 1.29 is 4.79 Å². The molecule has 0 aromatic rings. The molecule has 2 fully saturated rings. The quantitative estimate of drug-likeness (QED) is 0.734. The van der Waals surface area contributed by atoms with Gasteiger partial charge in [-0.15, -0.1) is 0 Å². The van der Waals surface area contributed by atoms with Crippen LogP contribution >= 0.6 is 0 Å². The normalized spacial score (nSPS) is 30.4. The van der Waals surface area contributed by atoms with E-state index < -0.39 is 0 Å². The molecule has 2 heterocycles. The van der Waals surface area contributed by atoms with E-state index in [-0.39, 0.29) is 11.8 Å². The zero-order valence-electron chi connectivity index (χ0n) is 10.2. The topological polar surface area (TPSA) is 49.6 Å². The molecule has 0 saturated carbocycles. The summed E-state index contributed by atoms with van der Waals surface area (Å²) in [5.74, 6) is -0.0222. The monoisotopic (exact) mass is 225 g/mol. The van der Waals surface area contributed by atoms with E-state index in [0.717, 1.165) is 25.9 Å². The Bertz CT molecular complexity index is 249. The molecule has 0 spiro atoms. The number of primary amides is 1. The van der Waals surface area contributed by atoms with E-state index in [1.54, 1.807) is 0 Å². The maximum absolute atomic E-state index is 11.2. The second-order valence-electron chi connectivity index (χ2n) is 5.27. The zero-order valence-corrected chi connectivity index (χ0v) is 10.2. The number of likely N-dealkylation sites (tertiary alicyclic amines) is 2. The molecule has 2 rings (SSSR count). The van der Waals surface area contributed by atoms with Crippen molar-refractivity contribution in [1.82, 2.24) is 9.80 Å². The fraction of sp³-hybridized carbons (Fsp3) is 0.917. The summed E-state index contributed by atoms with van der Waals surface area (Å²) in [5.41, 5.74) is 5.41. The van der Waals surface area contributed by atoms with Crippen LogP contribution in [0.5, 0.6) is 0 Å². The van der Waals surface area contributed by atoms with Crippen LogP contribution in [0, 0.1) is 5.92 Å². The molecule has 0 unspecified atom stereocenters. The Kier molecular flexibility index (Phi) is 3.82. The molecule has 1 amide bonds. The first-order chi connectivity index (χ1) is 7.66. The van der Waals surface area contributed by atoms with Gasteiger partial charge in [0.25, 0.3) is 0 Å². The lowest BCUT2D eigenvalue weighted by molar-refractivity contribution is -0.123. The third-order valence-corrected chi connectivity index (χ3v) is 4.06. The summed E-state index contributed by atoms with van der Waals surface area (Å²) in [5, 5.41) is 0. The summed E-state index contributed by atoms with van der Waals surface area (Å²) in [6.07, 6.45) is 4.59. The minimum absolute atomic E-state index is 0.0911. The number of nitrogens with two attached hydrogens (primary N) is 1. The predicted octanol–water partition coefficient (Wildman–Crippen LogP) is 0.278.